The lowest BCUT2D eigenvalue weighted by molar-refractivity contribution is -0.122. The molecule has 1 heterocycles. The fraction of sp³-hybridized carbons (Fsp3) is 0.714. The maximum absolute atomic E-state index is 12.2. The van der Waals surface area contributed by atoms with E-state index in [0.29, 0.717) is 5.92 Å². The SMILES string of the molecule is Cc1nc(CC(C)C)c(NC(=O)C2CCCC2O)s1. The topological polar surface area (TPSA) is 62.2 Å². The highest BCUT2D eigenvalue weighted by Crippen LogP contribution is 2.30. The number of thiazole rings is 1. The summed E-state index contributed by atoms with van der Waals surface area (Å²) in [6.45, 7) is 6.23. The highest BCUT2D eigenvalue weighted by Gasteiger charge is 2.32. The van der Waals surface area contributed by atoms with Gasteiger partial charge in [0.25, 0.3) is 0 Å². The van der Waals surface area contributed by atoms with Gasteiger partial charge in [0.1, 0.15) is 5.00 Å². The van der Waals surface area contributed by atoms with E-state index in [0.717, 1.165) is 41.4 Å². The second kappa shape index (κ2) is 6.01. The van der Waals surface area contributed by atoms with Gasteiger partial charge in [0, 0.05) is 0 Å². The standard InChI is InChI=1S/C14H22N2O2S/c1-8(2)7-11-14(19-9(3)15-11)16-13(18)10-5-4-6-12(10)17/h8,10,12,17H,4-7H2,1-3H3,(H,16,18). The van der Waals surface area contributed by atoms with Gasteiger partial charge >= 0.3 is 0 Å². The number of nitrogens with zero attached hydrogens (tertiary/aromatic N) is 1. The molecule has 106 valence electrons. The first-order valence-corrected chi connectivity index (χ1v) is 7.74. The molecule has 0 spiro atoms. The van der Waals surface area contributed by atoms with Gasteiger partial charge in [-0.15, -0.1) is 11.3 Å². The molecule has 0 radical (unpaired) electrons. The Hall–Kier alpha value is -0.940. The third-order valence-electron chi connectivity index (χ3n) is 3.46. The van der Waals surface area contributed by atoms with Gasteiger partial charge in [-0.2, -0.15) is 0 Å². The van der Waals surface area contributed by atoms with Crippen molar-refractivity contribution >= 4 is 22.2 Å². The van der Waals surface area contributed by atoms with E-state index < -0.39 is 6.10 Å². The predicted octanol–water partition coefficient (Wildman–Crippen LogP) is 2.75. The van der Waals surface area contributed by atoms with E-state index in [-0.39, 0.29) is 11.8 Å². The zero-order chi connectivity index (χ0) is 14.0. The van der Waals surface area contributed by atoms with E-state index in [1.807, 2.05) is 6.92 Å². The van der Waals surface area contributed by atoms with E-state index >= 15 is 0 Å². The summed E-state index contributed by atoms with van der Waals surface area (Å²) in [6.07, 6.45) is 2.83. The smallest absolute Gasteiger partial charge is 0.230 e. The van der Waals surface area contributed by atoms with Crippen LogP contribution in [0.2, 0.25) is 0 Å². The average Bonchev–Trinajstić information content (AvgIpc) is 2.85. The normalized spacial score (nSPS) is 23.0. The lowest BCUT2D eigenvalue weighted by Crippen LogP contribution is -2.28. The number of hydrogen-bond donors (Lipinski definition) is 2. The monoisotopic (exact) mass is 282 g/mol. The van der Waals surface area contributed by atoms with Gasteiger partial charge in [-0.1, -0.05) is 13.8 Å². The third kappa shape index (κ3) is 3.54. The largest absolute Gasteiger partial charge is 0.392 e. The van der Waals surface area contributed by atoms with Crippen LogP contribution in [0.4, 0.5) is 5.00 Å². The number of hydrogen-bond acceptors (Lipinski definition) is 4. The fourth-order valence-electron chi connectivity index (χ4n) is 2.54. The first-order valence-electron chi connectivity index (χ1n) is 6.92. The molecule has 1 aliphatic carbocycles. The van der Waals surface area contributed by atoms with Gasteiger partial charge in [0.05, 0.1) is 22.7 Å². The fourth-order valence-corrected chi connectivity index (χ4v) is 3.39. The number of aryl methyl sites for hydroxylation is 1. The first kappa shape index (κ1) is 14.5. The number of nitrogens with one attached hydrogen (secondary N) is 1. The number of amides is 1. The molecule has 2 atom stereocenters. The Balaban J connectivity index is 2.07. The van der Waals surface area contributed by atoms with Crippen LogP contribution in [0.5, 0.6) is 0 Å². The van der Waals surface area contributed by atoms with E-state index in [9.17, 15) is 9.90 Å². The lowest BCUT2D eigenvalue weighted by atomic mass is 10.1. The Morgan fingerprint density at radius 1 is 1.53 bits per heavy atom. The number of rotatable bonds is 4. The predicted molar refractivity (Wildman–Crippen MR) is 77.4 cm³/mol. The number of anilines is 1. The molecule has 1 saturated carbocycles. The van der Waals surface area contributed by atoms with Crippen molar-refractivity contribution in [3.63, 3.8) is 0 Å². The van der Waals surface area contributed by atoms with Crippen LogP contribution in [-0.2, 0) is 11.2 Å². The second-order valence-electron chi connectivity index (χ2n) is 5.70. The van der Waals surface area contributed by atoms with Gasteiger partial charge in [-0.3, -0.25) is 4.79 Å². The van der Waals surface area contributed by atoms with Crippen LogP contribution in [0.25, 0.3) is 0 Å². The number of aliphatic hydroxyl groups excluding tert-OH is 1. The van der Waals surface area contributed by atoms with Crippen molar-refractivity contribution in [3.8, 4) is 0 Å². The molecular weight excluding hydrogens is 260 g/mol. The van der Waals surface area contributed by atoms with Crippen LogP contribution in [0, 0.1) is 18.8 Å². The Morgan fingerprint density at radius 2 is 2.26 bits per heavy atom. The minimum atomic E-state index is -0.484. The van der Waals surface area contributed by atoms with Crippen LogP contribution in [-0.4, -0.2) is 22.1 Å². The Kier molecular flexibility index (Phi) is 4.58. The molecule has 1 aromatic heterocycles. The summed E-state index contributed by atoms with van der Waals surface area (Å²) in [5.74, 6) is 0.196. The summed E-state index contributed by atoms with van der Waals surface area (Å²) in [5, 5.41) is 14.6. The highest BCUT2D eigenvalue weighted by molar-refractivity contribution is 7.16. The van der Waals surface area contributed by atoms with Crippen molar-refractivity contribution in [3.05, 3.63) is 10.7 Å². The summed E-state index contributed by atoms with van der Waals surface area (Å²) in [5.41, 5.74) is 0.971. The molecule has 2 unspecified atom stereocenters. The summed E-state index contributed by atoms with van der Waals surface area (Å²) >= 11 is 1.52. The summed E-state index contributed by atoms with van der Waals surface area (Å²) < 4.78 is 0. The Labute approximate surface area is 118 Å². The van der Waals surface area contributed by atoms with E-state index in [1.165, 1.54) is 11.3 Å². The van der Waals surface area contributed by atoms with Gasteiger partial charge in [0.2, 0.25) is 5.91 Å². The van der Waals surface area contributed by atoms with Crippen molar-refractivity contribution in [1.29, 1.82) is 0 Å². The molecular formula is C14H22N2O2S. The number of aliphatic hydroxyl groups is 1. The number of carbonyl (C=O) groups is 1. The van der Waals surface area contributed by atoms with Gasteiger partial charge < -0.3 is 10.4 Å². The van der Waals surface area contributed by atoms with Crippen molar-refractivity contribution in [2.45, 2.75) is 52.6 Å². The molecule has 0 saturated heterocycles. The van der Waals surface area contributed by atoms with E-state index in [1.54, 1.807) is 0 Å². The maximum atomic E-state index is 12.2. The first-order chi connectivity index (χ1) is 8.97. The molecule has 0 aromatic carbocycles. The molecule has 2 N–H and O–H groups in total. The molecule has 2 rings (SSSR count). The maximum Gasteiger partial charge on any atom is 0.230 e. The molecule has 1 aromatic rings. The number of aromatic nitrogens is 1. The third-order valence-corrected chi connectivity index (χ3v) is 4.39. The van der Waals surface area contributed by atoms with Gasteiger partial charge in [-0.05, 0) is 38.5 Å². The van der Waals surface area contributed by atoms with Crippen molar-refractivity contribution in [2.24, 2.45) is 11.8 Å². The van der Waals surface area contributed by atoms with Crippen LogP contribution in [0.1, 0.15) is 43.8 Å². The highest BCUT2D eigenvalue weighted by atomic mass is 32.1. The zero-order valence-corrected chi connectivity index (χ0v) is 12.6. The summed E-state index contributed by atoms with van der Waals surface area (Å²) in [7, 11) is 0. The minimum Gasteiger partial charge on any atom is -0.392 e. The van der Waals surface area contributed by atoms with Gasteiger partial charge in [0.15, 0.2) is 0 Å². The van der Waals surface area contributed by atoms with Crippen LogP contribution < -0.4 is 5.32 Å². The molecule has 5 heteroatoms. The number of carbonyl (C=O) groups excluding carboxylic acids is 1. The van der Waals surface area contributed by atoms with Crippen LogP contribution >= 0.6 is 11.3 Å². The van der Waals surface area contributed by atoms with Crippen molar-refractivity contribution in [2.75, 3.05) is 5.32 Å². The lowest BCUT2D eigenvalue weighted by Gasteiger charge is -2.14. The average molecular weight is 282 g/mol. The van der Waals surface area contributed by atoms with E-state index in [4.69, 9.17) is 0 Å². The van der Waals surface area contributed by atoms with Gasteiger partial charge in [-0.25, -0.2) is 4.98 Å². The van der Waals surface area contributed by atoms with E-state index in [2.05, 4.69) is 24.1 Å². The molecule has 1 amide bonds. The minimum absolute atomic E-state index is 0.0568. The molecule has 4 nitrogen and oxygen atoms in total. The second-order valence-corrected chi connectivity index (χ2v) is 6.90. The Bertz CT molecular complexity index is 456. The molecule has 0 aliphatic heterocycles. The summed E-state index contributed by atoms with van der Waals surface area (Å²) in [4.78, 5) is 16.7. The quantitative estimate of drug-likeness (QED) is 0.892. The van der Waals surface area contributed by atoms with Crippen LogP contribution in [0.15, 0.2) is 0 Å². The van der Waals surface area contributed by atoms with Crippen molar-refractivity contribution < 1.29 is 9.90 Å². The van der Waals surface area contributed by atoms with Crippen LogP contribution in [0.3, 0.4) is 0 Å². The molecule has 19 heavy (non-hydrogen) atoms. The molecule has 0 bridgehead atoms. The summed E-state index contributed by atoms with van der Waals surface area (Å²) in [6, 6.07) is 0. The van der Waals surface area contributed by atoms with Crippen molar-refractivity contribution in [1.82, 2.24) is 4.98 Å². The Morgan fingerprint density at radius 3 is 2.84 bits per heavy atom. The molecule has 1 fully saturated rings. The molecule has 1 aliphatic rings. The zero-order valence-electron chi connectivity index (χ0n) is 11.8.